The van der Waals surface area contributed by atoms with E-state index in [9.17, 15) is 19.2 Å². The molecule has 12 heteroatoms. The average Bonchev–Trinajstić information content (AvgIpc) is 3.67. The van der Waals surface area contributed by atoms with Crippen molar-refractivity contribution in [3.63, 3.8) is 0 Å². The molecule has 74 heavy (non-hydrogen) atoms. The van der Waals surface area contributed by atoms with Crippen molar-refractivity contribution in [1.82, 2.24) is 29.4 Å². The summed E-state index contributed by atoms with van der Waals surface area (Å²) in [5.41, 5.74) is 2.77. The Labute approximate surface area is 453 Å². The number of likely N-dealkylation sites (tertiary alicyclic amines) is 2. The predicted octanol–water partition coefficient (Wildman–Crippen LogP) is 10.7. The summed E-state index contributed by atoms with van der Waals surface area (Å²) < 4.78 is 12.0. The molecule has 4 rings (SSSR count). The molecule has 0 radical (unpaired) electrons. The summed E-state index contributed by atoms with van der Waals surface area (Å²) in [6.07, 6.45) is 5.77. The molecule has 0 aromatic rings. The van der Waals surface area contributed by atoms with Gasteiger partial charge in [-0.05, 0) is 81.8 Å². The van der Waals surface area contributed by atoms with Crippen LogP contribution in [0.1, 0.15) is 176 Å². The van der Waals surface area contributed by atoms with E-state index in [1.807, 2.05) is 0 Å². The Morgan fingerprint density at radius 1 is 0.419 bits per heavy atom. The third-order valence-corrected chi connectivity index (χ3v) is 19.0. The second-order valence-corrected chi connectivity index (χ2v) is 29.8. The Kier molecular flexibility index (Phi) is 22.1. The minimum atomic E-state index is -0.332. The van der Waals surface area contributed by atoms with Crippen molar-refractivity contribution in [2.75, 3.05) is 118 Å². The second kappa shape index (κ2) is 25.5. The lowest BCUT2D eigenvalue weighted by Gasteiger charge is -2.46. The van der Waals surface area contributed by atoms with Gasteiger partial charge in [0.2, 0.25) is 23.6 Å². The van der Waals surface area contributed by atoms with E-state index < -0.39 is 0 Å². The standard InChI is InChI=1S/C62H112N6O6/c1-47(59(13,14)43-57(9,10)45-61(17,18)55(3,4)5)39-49-41-51(69)67(53(49)71)33-37-73-35-31-65-27-23-63(24-28-65)21-22-64-25-29-66(30-26-64)32-36-74-38-34-68-52(70)42-50(54(68)72)40-48(2)60(15,16)44-58(11,12)46-62(19,20)56(6,7)8/h49-50H,1-2,21-46H2,3-20H3. The van der Waals surface area contributed by atoms with E-state index in [1.54, 1.807) is 0 Å². The fraction of sp³-hybridized carbons (Fsp3) is 0.871. The highest BCUT2D eigenvalue weighted by molar-refractivity contribution is 6.04. The molecule has 0 saturated carbocycles. The first-order chi connectivity index (χ1) is 33.9. The highest BCUT2D eigenvalue weighted by Gasteiger charge is 2.45. The summed E-state index contributed by atoms with van der Waals surface area (Å²) in [6, 6.07) is 0. The molecule has 4 fully saturated rings. The summed E-state index contributed by atoms with van der Waals surface area (Å²) in [5, 5.41) is 0. The molecule has 426 valence electrons. The van der Waals surface area contributed by atoms with Gasteiger partial charge in [-0.1, -0.05) is 149 Å². The molecule has 4 amide bonds. The van der Waals surface area contributed by atoms with Crippen molar-refractivity contribution in [2.45, 2.75) is 176 Å². The summed E-state index contributed by atoms with van der Waals surface area (Å²) in [4.78, 5) is 65.8. The zero-order chi connectivity index (χ0) is 55.9. The molecule has 4 aliphatic rings. The first-order valence-electron chi connectivity index (χ1n) is 29.0. The van der Waals surface area contributed by atoms with Crippen molar-refractivity contribution < 1.29 is 28.7 Å². The highest BCUT2D eigenvalue weighted by atomic mass is 16.5. The van der Waals surface area contributed by atoms with E-state index in [1.165, 1.54) is 9.80 Å². The number of nitrogens with zero attached hydrogens (tertiary/aromatic N) is 6. The summed E-state index contributed by atoms with van der Waals surface area (Å²) in [7, 11) is 0. The zero-order valence-electron chi connectivity index (χ0n) is 51.1. The quantitative estimate of drug-likeness (QED) is 0.0408. The van der Waals surface area contributed by atoms with Gasteiger partial charge in [0.15, 0.2) is 0 Å². The van der Waals surface area contributed by atoms with Crippen LogP contribution in [0.15, 0.2) is 24.3 Å². The maximum atomic E-state index is 13.4. The molecule has 12 nitrogen and oxygen atoms in total. The fourth-order valence-corrected chi connectivity index (χ4v) is 12.8. The van der Waals surface area contributed by atoms with Gasteiger partial charge in [0.25, 0.3) is 0 Å². The van der Waals surface area contributed by atoms with Crippen LogP contribution in [0.3, 0.4) is 0 Å². The molecule has 0 aromatic carbocycles. The number of allylic oxidation sites excluding steroid dienone is 2. The number of carbonyl (C=O) groups is 4. The van der Waals surface area contributed by atoms with E-state index in [-0.39, 0.29) is 91.6 Å². The first-order valence-corrected chi connectivity index (χ1v) is 29.0. The van der Waals surface area contributed by atoms with Gasteiger partial charge in [0.05, 0.1) is 51.4 Å². The normalized spacial score (nSPS) is 21.5. The number of hydrogen-bond acceptors (Lipinski definition) is 10. The molecule has 4 aliphatic heterocycles. The molecule has 2 atom stereocenters. The van der Waals surface area contributed by atoms with Gasteiger partial charge < -0.3 is 9.47 Å². The Balaban J connectivity index is 1.03. The lowest BCUT2D eigenvalue weighted by molar-refractivity contribution is -0.141. The molecule has 0 aromatic heterocycles. The molecule has 0 spiro atoms. The topological polar surface area (TPSA) is 106 Å². The van der Waals surface area contributed by atoms with Crippen LogP contribution in [-0.2, 0) is 28.7 Å². The fourth-order valence-electron chi connectivity index (χ4n) is 12.8. The van der Waals surface area contributed by atoms with Crippen LogP contribution in [0.2, 0.25) is 0 Å². The smallest absolute Gasteiger partial charge is 0.233 e. The SMILES string of the molecule is C=C(CC1CC(=O)N(CCOCCN2CCN(CCN3CCN(CCOCCN4C(=O)CC(CC(=C)C(C)(C)CC(C)(C)CC(C)(C)C(C)(C)C)C4=O)CC3)CC2)C1=O)C(C)(C)CC(C)(C)CC(C)(C)C(C)(C)C. The zero-order valence-corrected chi connectivity index (χ0v) is 51.1. The number of imide groups is 2. The molecule has 4 heterocycles. The summed E-state index contributed by atoms with van der Waals surface area (Å²) in [6.45, 7) is 65.4. The molecule has 0 aliphatic carbocycles. The van der Waals surface area contributed by atoms with Crippen LogP contribution in [0, 0.1) is 55.2 Å². The average molecular weight is 1040 g/mol. The van der Waals surface area contributed by atoms with Crippen LogP contribution in [0.25, 0.3) is 0 Å². The Morgan fingerprint density at radius 3 is 0.973 bits per heavy atom. The van der Waals surface area contributed by atoms with E-state index in [2.05, 4.69) is 157 Å². The lowest BCUT2D eigenvalue weighted by atomic mass is 9.59. The van der Waals surface area contributed by atoms with Gasteiger partial charge in [-0.3, -0.25) is 48.6 Å². The van der Waals surface area contributed by atoms with Gasteiger partial charge in [-0.2, -0.15) is 0 Å². The second-order valence-electron chi connectivity index (χ2n) is 29.8. The minimum Gasteiger partial charge on any atom is -0.378 e. The largest absolute Gasteiger partial charge is 0.378 e. The van der Waals surface area contributed by atoms with Crippen LogP contribution in [0.4, 0.5) is 0 Å². The first kappa shape index (κ1) is 64.0. The number of hydrogen-bond donors (Lipinski definition) is 0. The van der Waals surface area contributed by atoms with Crippen molar-refractivity contribution in [3.8, 4) is 0 Å². The molecule has 2 unspecified atom stereocenters. The third kappa shape index (κ3) is 18.6. The van der Waals surface area contributed by atoms with Crippen LogP contribution >= 0.6 is 0 Å². The van der Waals surface area contributed by atoms with E-state index in [0.717, 1.165) is 115 Å². The van der Waals surface area contributed by atoms with Crippen molar-refractivity contribution in [3.05, 3.63) is 24.3 Å². The van der Waals surface area contributed by atoms with Gasteiger partial charge in [-0.15, -0.1) is 0 Å². The number of rotatable bonds is 29. The highest BCUT2D eigenvalue weighted by Crippen LogP contribution is 2.53. The van der Waals surface area contributed by atoms with Crippen LogP contribution in [0.5, 0.6) is 0 Å². The number of amides is 4. The van der Waals surface area contributed by atoms with E-state index in [0.29, 0.717) is 52.4 Å². The summed E-state index contributed by atoms with van der Waals surface area (Å²) in [5.74, 6) is -0.997. The lowest BCUT2D eigenvalue weighted by Crippen LogP contribution is -2.52. The third-order valence-electron chi connectivity index (χ3n) is 19.0. The van der Waals surface area contributed by atoms with Gasteiger partial charge in [-0.25, -0.2) is 0 Å². The maximum Gasteiger partial charge on any atom is 0.233 e. The van der Waals surface area contributed by atoms with Crippen molar-refractivity contribution >= 4 is 23.6 Å². The van der Waals surface area contributed by atoms with Crippen molar-refractivity contribution in [2.24, 2.45) is 55.2 Å². The maximum absolute atomic E-state index is 13.4. The Bertz CT molecular complexity index is 1770. The Morgan fingerprint density at radius 2 is 0.689 bits per heavy atom. The summed E-state index contributed by atoms with van der Waals surface area (Å²) >= 11 is 0. The molecule has 0 N–H and O–H groups in total. The van der Waals surface area contributed by atoms with Gasteiger partial charge >= 0.3 is 0 Å². The number of piperazine rings is 2. The van der Waals surface area contributed by atoms with Crippen LogP contribution in [-0.4, -0.2) is 171 Å². The molecule has 4 saturated heterocycles. The van der Waals surface area contributed by atoms with Gasteiger partial charge in [0.1, 0.15) is 0 Å². The molecular weight excluding hydrogens is 925 g/mol. The van der Waals surface area contributed by atoms with Crippen LogP contribution < -0.4 is 0 Å². The van der Waals surface area contributed by atoms with E-state index in [4.69, 9.17) is 9.47 Å². The minimum absolute atomic E-state index is 0.0753. The molecular formula is C62H112N6O6. The monoisotopic (exact) mass is 1040 g/mol. The van der Waals surface area contributed by atoms with Crippen molar-refractivity contribution in [1.29, 1.82) is 0 Å². The number of carbonyl (C=O) groups excluding carboxylic acids is 4. The molecule has 0 bridgehead atoms. The van der Waals surface area contributed by atoms with Gasteiger partial charge in [0, 0.05) is 91.4 Å². The van der Waals surface area contributed by atoms with E-state index >= 15 is 0 Å². The number of ether oxygens (including phenoxy) is 2. The predicted molar refractivity (Wildman–Crippen MR) is 305 cm³/mol. The Hall–Kier alpha value is -2.48.